The van der Waals surface area contributed by atoms with Crippen molar-refractivity contribution in [2.24, 2.45) is 0 Å². The molecule has 6 aromatic carbocycles. The molecular weight excluding hydrogens is 556 g/mol. The van der Waals surface area contributed by atoms with E-state index in [2.05, 4.69) is 146 Å². The molecular formula is C36H21BrN2O. The molecule has 3 heterocycles. The molecule has 0 saturated heterocycles. The largest absolute Gasteiger partial charge is 0.454 e. The summed E-state index contributed by atoms with van der Waals surface area (Å²) in [5, 5.41) is 7.15. The lowest BCUT2D eigenvalue weighted by Crippen LogP contribution is -1.98. The van der Waals surface area contributed by atoms with E-state index in [4.69, 9.17) is 4.42 Å². The molecule has 0 saturated carbocycles. The van der Waals surface area contributed by atoms with Gasteiger partial charge in [-0.1, -0.05) is 82.7 Å². The fraction of sp³-hybridized carbons (Fsp3) is 0. The molecule has 0 N–H and O–H groups in total. The lowest BCUT2D eigenvalue weighted by molar-refractivity contribution is 0.671. The van der Waals surface area contributed by atoms with E-state index in [0.29, 0.717) is 0 Å². The van der Waals surface area contributed by atoms with Gasteiger partial charge in [0.25, 0.3) is 0 Å². The van der Waals surface area contributed by atoms with E-state index in [1.54, 1.807) is 0 Å². The van der Waals surface area contributed by atoms with Crippen LogP contribution in [-0.2, 0) is 0 Å². The highest BCUT2D eigenvalue weighted by molar-refractivity contribution is 9.10. The van der Waals surface area contributed by atoms with Gasteiger partial charge in [-0.3, -0.25) is 0 Å². The lowest BCUT2D eigenvalue weighted by atomic mass is 10.1. The summed E-state index contributed by atoms with van der Waals surface area (Å²) in [4.78, 5) is 0. The van der Waals surface area contributed by atoms with E-state index in [1.807, 2.05) is 6.07 Å². The van der Waals surface area contributed by atoms with Crippen molar-refractivity contribution in [1.29, 1.82) is 0 Å². The van der Waals surface area contributed by atoms with Crippen LogP contribution in [0.2, 0.25) is 0 Å². The van der Waals surface area contributed by atoms with Gasteiger partial charge in [-0.05, 0) is 60.7 Å². The van der Waals surface area contributed by atoms with Crippen LogP contribution in [0.4, 0.5) is 0 Å². The Labute approximate surface area is 237 Å². The SMILES string of the molecule is Brc1ccc2c(c1)c1ccccc1n2-c1cccc(-n2c3ccccc3c3ccc4c5ccccc5oc4c32)c1. The van der Waals surface area contributed by atoms with Crippen LogP contribution < -0.4 is 0 Å². The number of fused-ring (bicyclic) bond motifs is 10. The van der Waals surface area contributed by atoms with Crippen molar-refractivity contribution in [3.8, 4) is 11.4 Å². The number of aromatic nitrogens is 2. The van der Waals surface area contributed by atoms with Crippen molar-refractivity contribution in [3.05, 3.63) is 132 Å². The average molecular weight is 577 g/mol. The fourth-order valence-electron chi connectivity index (χ4n) is 6.49. The average Bonchev–Trinajstić information content (AvgIpc) is 3.65. The molecule has 0 fully saturated rings. The van der Waals surface area contributed by atoms with Gasteiger partial charge in [0.1, 0.15) is 5.58 Å². The van der Waals surface area contributed by atoms with Crippen molar-refractivity contribution in [3.63, 3.8) is 0 Å². The molecule has 9 rings (SSSR count). The highest BCUT2D eigenvalue weighted by Gasteiger charge is 2.19. The van der Waals surface area contributed by atoms with E-state index < -0.39 is 0 Å². The maximum atomic E-state index is 6.56. The number of hydrogen-bond acceptors (Lipinski definition) is 1. The van der Waals surface area contributed by atoms with Gasteiger partial charge in [0, 0.05) is 48.2 Å². The quantitative estimate of drug-likeness (QED) is 0.200. The molecule has 0 unspecified atom stereocenters. The van der Waals surface area contributed by atoms with Crippen molar-refractivity contribution < 1.29 is 4.42 Å². The number of nitrogens with zero attached hydrogens (tertiary/aromatic N) is 2. The molecule has 0 aliphatic carbocycles. The Balaban J connectivity index is 1.39. The molecule has 9 aromatic rings. The first-order valence-electron chi connectivity index (χ1n) is 13.4. The fourth-order valence-corrected chi connectivity index (χ4v) is 6.85. The van der Waals surface area contributed by atoms with Crippen LogP contribution in [0.1, 0.15) is 0 Å². The summed E-state index contributed by atoms with van der Waals surface area (Å²) >= 11 is 3.68. The van der Waals surface area contributed by atoms with Crippen LogP contribution in [0.3, 0.4) is 0 Å². The monoisotopic (exact) mass is 576 g/mol. The van der Waals surface area contributed by atoms with Crippen LogP contribution in [0.5, 0.6) is 0 Å². The van der Waals surface area contributed by atoms with Crippen LogP contribution >= 0.6 is 15.9 Å². The molecule has 0 radical (unpaired) electrons. The maximum absolute atomic E-state index is 6.56. The van der Waals surface area contributed by atoms with Crippen molar-refractivity contribution in [1.82, 2.24) is 9.13 Å². The molecule has 40 heavy (non-hydrogen) atoms. The molecule has 0 spiro atoms. The molecule has 0 amide bonds. The number of furan rings is 1. The summed E-state index contributed by atoms with van der Waals surface area (Å²) in [6, 6.07) is 45.4. The number of hydrogen-bond donors (Lipinski definition) is 0. The molecule has 3 aromatic heterocycles. The van der Waals surface area contributed by atoms with Gasteiger partial charge in [0.15, 0.2) is 5.58 Å². The zero-order valence-corrected chi connectivity index (χ0v) is 22.9. The number of para-hydroxylation sites is 3. The van der Waals surface area contributed by atoms with Gasteiger partial charge < -0.3 is 13.6 Å². The zero-order chi connectivity index (χ0) is 26.4. The van der Waals surface area contributed by atoms with Crippen molar-refractivity contribution >= 4 is 81.5 Å². The first kappa shape index (κ1) is 22.1. The summed E-state index contributed by atoms with van der Waals surface area (Å²) in [6.45, 7) is 0. The molecule has 3 nitrogen and oxygen atoms in total. The van der Waals surface area contributed by atoms with Gasteiger partial charge in [-0.15, -0.1) is 0 Å². The van der Waals surface area contributed by atoms with E-state index in [9.17, 15) is 0 Å². The Morgan fingerprint density at radius 1 is 0.450 bits per heavy atom. The number of halogens is 1. The van der Waals surface area contributed by atoms with E-state index >= 15 is 0 Å². The Hall–Kier alpha value is -4.80. The van der Waals surface area contributed by atoms with Crippen LogP contribution in [0, 0.1) is 0 Å². The molecule has 0 bridgehead atoms. The Bertz CT molecular complexity index is 2460. The second-order valence-corrected chi connectivity index (χ2v) is 11.2. The maximum Gasteiger partial charge on any atom is 0.160 e. The minimum absolute atomic E-state index is 0.909. The Kier molecular flexibility index (Phi) is 4.47. The summed E-state index contributed by atoms with van der Waals surface area (Å²) in [5.41, 5.74) is 8.67. The molecule has 0 atom stereocenters. The Morgan fingerprint density at radius 2 is 1.07 bits per heavy atom. The standard InChI is InChI=1S/C36H21BrN2O/c37-22-16-19-33-30(20-22)26-11-2-4-13-31(26)38(33)23-8-7-9-24(21-23)39-32-14-5-1-10-25(32)28-17-18-29-27-12-3-6-15-34(27)40-36(29)35(28)39/h1-21H. The topological polar surface area (TPSA) is 23.0 Å². The summed E-state index contributed by atoms with van der Waals surface area (Å²) in [6.07, 6.45) is 0. The normalized spacial score (nSPS) is 12.1. The molecule has 188 valence electrons. The van der Waals surface area contributed by atoms with Gasteiger partial charge in [-0.25, -0.2) is 0 Å². The third-order valence-electron chi connectivity index (χ3n) is 8.16. The predicted octanol–water partition coefficient (Wildman–Crippen LogP) is 10.5. The zero-order valence-electron chi connectivity index (χ0n) is 21.3. The predicted molar refractivity (Wildman–Crippen MR) is 170 cm³/mol. The first-order valence-corrected chi connectivity index (χ1v) is 14.2. The highest BCUT2D eigenvalue weighted by Crippen LogP contribution is 2.41. The van der Waals surface area contributed by atoms with Crippen molar-refractivity contribution in [2.75, 3.05) is 0 Å². The Morgan fingerprint density at radius 3 is 1.90 bits per heavy atom. The summed E-state index contributed by atoms with van der Waals surface area (Å²) in [7, 11) is 0. The van der Waals surface area contributed by atoms with Gasteiger partial charge >= 0.3 is 0 Å². The van der Waals surface area contributed by atoms with Gasteiger partial charge in [0.05, 0.1) is 22.1 Å². The second kappa shape index (κ2) is 8.10. The van der Waals surface area contributed by atoms with Crippen LogP contribution in [-0.4, -0.2) is 9.13 Å². The minimum Gasteiger partial charge on any atom is -0.454 e. The molecule has 4 heteroatoms. The minimum atomic E-state index is 0.909. The number of benzene rings is 6. The second-order valence-electron chi connectivity index (χ2n) is 10.3. The van der Waals surface area contributed by atoms with Gasteiger partial charge in [-0.2, -0.15) is 0 Å². The van der Waals surface area contributed by atoms with E-state index in [0.717, 1.165) is 48.8 Å². The third kappa shape index (κ3) is 2.94. The highest BCUT2D eigenvalue weighted by atomic mass is 79.9. The smallest absolute Gasteiger partial charge is 0.160 e. The van der Waals surface area contributed by atoms with Gasteiger partial charge in [0.2, 0.25) is 0 Å². The van der Waals surface area contributed by atoms with E-state index in [1.165, 1.54) is 32.6 Å². The summed E-state index contributed by atoms with van der Waals surface area (Å²) < 4.78 is 12.4. The van der Waals surface area contributed by atoms with E-state index in [-0.39, 0.29) is 0 Å². The van der Waals surface area contributed by atoms with Crippen LogP contribution in [0.15, 0.2) is 136 Å². The lowest BCUT2D eigenvalue weighted by Gasteiger charge is -2.13. The first-order chi connectivity index (χ1) is 19.8. The van der Waals surface area contributed by atoms with Crippen molar-refractivity contribution in [2.45, 2.75) is 0 Å². The molecule has 0 aliphatic rings. The molecule has 0 aliphatic heterocycles. The number of rotatable bonds is 2. The summed E-state index contributed by atoms with van der Waals surface area (Å²) in [5.74, 6) is 0. The van der Waals surface area contributed by atoms with Crippen LogP contribution in [0.25, 0.3) is 76.9 Å². The third-order valence-corrected chi connectivity index (χ3v) is 8.65.